The lowest BCUT2D eigenvalue weighted by molar-refractivity contribution is 0.0658. The van der Waals surface area contributed by atoms with E-state index in [4.69, 9.17) is 4.74 Å². The molecule has 3 heterocycles. The predicted octanol–water partition coefficient (Wildman–Crippen LogP) is 1.20. The van der Waals surface area contributed by atoms with Gasteiger partial charge in [0, 0.05) is 52.4 Å². The molecule has 0 spiro atoms. The molecular weight excluding hydrogens is 368 g/mol. The minimum absolute atomic E-state index is 0.0295. The molecule has 1 aromatic heterocycles. The van der Waals surface area contributed by atoms with E-state index in [2.05, 4.69) is 37.8 Å². The fourth-order valence-corrected chi connectivity index (χ4v) is 3.83. The Morgan fingerprint density at radius 1 is 0.897 bits per heavy atom. The molecule has 0 radical (unpaired) electrons. The van der Waals surface area contributed by atoms with Crippen LogP contribution in [0.2, 0.25) is 0 Å². The monoisotopic (exact) mass is 396 g/mol. The summed E-state index contributed by atoms with van der Waals surface area (Å²) in [7, 11) is 3.78. The maximum Gasteiger partial charge on any atom is 0.274 e. The second kappa shape index (κ2) is 8.65. The molecule has 0 aliphatic carbocycles. The summed E-state index contributed by atoms with van der Waals surface area (Å²) in [4.78, 5) is 30.2. The highest BCUT2D eigenvalue weighted by Gasteiger charge is 2.23. The molecule has 2 aromatic rings. The van der Waals surface area contributed by atoms with Crippen LogP contribution in [0.1, 0.15) is 10.5 Å². The number of hydrogen-bond donors (Lipinski definition) is 0. The second-order valence-corrected chi connectivity index (χ2v) is 7.50. The van der Waals surface area contributed by atoms with E-state index in [-0.39, 0.29) is 5.91 Å². The highest BCUT2D eigenvalue weighted by atomic mass is 16.5. The lowest BCUT2D eigenvalue weighted by atomic mass is 10.2. The van der Waals surface area contributed by atoms with Crippen molar-refractivity contribution in [1.82, 2.24) is 19.8 Å². The number of methoxy groups -OCH3 is 1. The largest absolute Gasteiger partial charge is 0.495 e. The lowest BCUT2D eigenvalue weighted by Gasteiger charge is -2.37. The van der Waals surface area contributed by atoms with Gasteiger partial charge in [0.05, 0.1) is 25.2 Å². The Bertz CT molecular complexity index is 827. The zero-order valence-corrected chi connectivity index (χ0v) is 17.1. The van der Waals surface area contributed by atoms with Gasteiger partial charge in [-0.25, -0.2) is 9.97 Å². The molecule has 4 rings (SSSR count). The van der Waals surface area contributed by atoms with Crippen LogP contribution in [0.25, 0.3) is 0 Å². The molecule has 0 atom stereocenters. The van der Waals surface area contributed by atoms with Gasteiger partial charge >= 0.3 is 0 Å². The van der Waals surface area contributed by atoms with Crippen molar-refractivity contribution in [2.24, 2.45) is 0 Å². The van der Waals surface area contributed by atoms with Crippen molar-refractivity contribution in [3.8, 4) is 5.75 Å². The SMILES string of the molecule is COc1ccccc1N1CCN(c2cnc(C(=O)N3CCN(C)CC3)cn2)CC1. The van der Waals surface area contributed by atoms with Gasteiger partial charge in [0.15, 0.2) is 0 Å². The maximum absolute atomic E-state index is 12.6. The van der Waals surface area contributed by atoms with Crippen molar-refractivity contribution in [3.05, 3.63) is 42.4 Å². The summed E-state index contributed by atoms with van der Waals surface area (Å²) >= 11 is 0. The van der Waals surface area contributed by atoms with Crippen LogP contribution in [-0.4, -0.2) is 92.2 Å². The summed E-state index contributed by atoms with van der Waals surface area (Å²) in [6, 6.07) is 8.10. The summed E-state index contributed by atoms with van der Waals surface area (Å²) in [6.45, 7) is 6.72. The van der Waals surface area contributed by atoms with Gasteiger partial charge in [-0.2, -0.15) is 0 Å². The average molecular weight is 396 g/mol. The van der Waals surface area contributed by atoms with Gasteiger partial charge < -0.3 is 24.3 Å². The Labute approximate surface area is 171 Å². The third-order valence-electron chi connectivity index (χ3n) is 5.68. The van der Waals surface area contributed by atoms with E-state index in [1.54, 1.807) is 19.5 Å². The first-order valence-electron chi connectivity index (χ1n) is 10.1. The number of amides is 1. The Morgan fingerprint density at radius 3 is 2.24 bits per heavy atom. The highest BCUT2D eigenvalue weighted by Crippen LogP contribution is 2.28. The smallest absolute Gasteiger partial charge is 0.274 e. The Kier molecular flexibility index (Phi) is 5.80. The molecule has 2 fully saturated rings. The van der Waals surface area contributed by atoms with Gasteiger partial charge in [0.1, 0.15) is 17.3 Å². The molecular formula is C21H28N6O2. The van der Waals surface area contributed by atoms with Gasteiger partial charge in [-0.15, -0.1) is 0 Å². The number of carbonyl (C=O) groups is 1. The number of benzene rings is 1. The molecule has 1 amide bonds. The summed E-state index contributed by atoms with van der Waals surface area (Å²) in [5.74, 6) is 1.69. The number of piperazine rings is 2. The predicted molar refractivity (Wildman–Crippen MR) is 113 cm³/mol. The van der Waals surface area contributed by atoms with E-state index in [0.717, 1.165) is 69.6 Å². The standard InChI is InChI=1S/C21H28N6O2/c1-24-7-9-27(10-8-24)21(28)17-15-23-20(16-22-17)26-13-11-25(12-14-26)18-5-3-4-6-19(18)29-2/h3-6,15-16H,7-14H2,1-2H3. The average Bonchev–Trinajstić information content (AvgIpc) is 2.79. The topological polar surface area (TPSA) is 65.0 Å². The van der Waals surface area contributed by atoms with E-state index in [0.29, 0.717) is 5.69 Å². The molecule has 8 nitrogen and oxygen atoms in total. The minimum atomic E-state index is -0.0295. The number of hydrogen-bond acceptors (Lipinski definition) is 7. The molecule has 0 unspecified atom stereocenters. The fraction of sp³-hybridized carbons (Fsp3) is 0.476. The second-order valence-electron chi connectivity index (χ2n) is 7.50. The maximum atomic E-state index is 12.6. The number of rotatable bonds is 4. The van der Waals surface area contributed by atoms with Gasteiger partial charge in [0.2, 0.25) is 0 Å². The summed E-state index contributed by atoms with van der Waals surface area (Å²) in [5.41, 5.74) is 1.54. The Morgan fingerprint density at radius 2 is 1.59 bits per heavy atom. The molecule has 1 aromatic carbocycles. The third kappa shape index (κ3) is 4.27. The van der Waals surface area contributed by atoms with E-state index in [9.17, 15) is 4.79 Å². The van der Waals surface area contributed by atoms with E-state index in [1.165, 1.54) is 0 Å². The van der Waals surface area contributed by atoms with Crippen molar-refractivity contribution >= 4 is 17.4 Å². The van der Waals surface area contributed by atoms with Crippen LogP contribution in [0.3, 0.4) is 0 Å². The van der Waals surface area contributed by atoms with Gasteiger partial charge in [0.25, 0.3) is 5.91 Å². The number of carbonyl (C=O) groups excluding carboxylic acids is 1. The van der Waals surface area contributed by atoms with Crippen molar-refractivity contribution < 1.29 is 9.53 Å². The number of nitrogens with zero attached hydrogens (tertiary/aromatic N) is 6. The minimum Gasteiger partial charge on any atom is -0.495 e. The molecule has 154 valence electrons. The number of anilines is 2. The van der Waals surface area contributed by atoms with Gasteiger partial charge in [-0.1, -0.05) is 12.1 Å². The molecule has 0 N–H and O–H groups in total. The third-order valence-corrected chi connectivity index (χ3v) is 5.68. The van der Waals surface area contributed by atoms with Crippen LogP contribution in [0.4, 0.5) is 11.5 Å². The van der Waals surface area contributed by atoms with Crippen LogP contribution < -0.4 is 14.5 Å². The van der Waals surface area contributed by atoms with Crippen LogP contribution in [0.5, 0.6) is 5.75 Å². The number of likely N-dealkylation sites (N-methyl/N-ethyl adjacent to an activating group) is 1. The van der Waals surface area contributed by atoms with Crippen LogP contribution in [-0.2, 0) is 0 Å². The molecule has 0 saturated carbocycles. The summed E-state index contributed by atoms with van der Waals surface area (Å²) in [5, 5.41) is 0. The molecule has 8 heteroatoms. The molecule has 2 aliphatic rings. The van der Waals surface area contributed by atoms with Crippen LogP contribution >= 0.6 is 0 Å². The summed E-state index contributed by atoms with van der Waals surface area (Å²) < 4.78 is 5.49. The van der Waals surface area contributed by atoms with Crippen LogP contribution in [0.15, 0.2) is 36.7 Å². The first-order chi connectivity index (χ1) is 14.2. The van der Waals surface area contributed by atoms with Gasteiger partial charge in [-0.05, 0) is 19.2 Å². The number of aromatic nitrogens is 2. The Balaban J connectivity index is 1.36. The van der Waals surface area contributed by atoms with E-state index in [1.807, 2.05) is 23.1 Å². The Hall–Kier alpha value is -2.87. The molecule has 2 aliphatic heterocycles. The molecule has 2 saturated heterocycles. The van der Waals surface area contributed by atoms with Gasteiger partial charge in [-0.3, -0.25) is 4.79 Å². The molecule has 0 bridgehead atoms. The fourth-order valence-electron chi connectivity index (χ4n) is 3.83. The number of para-hydroxylation sites is 2. The first-order valence-corrected chi connectivity index (χ1v) is 10.1. The van der Waals surface area contributed by atoms with Crippen molar-refractivity contribution in [1.29, 1.82) is 0 Å². The van der Waals surface area contributed by atoms with Crippen LogP contribution in [0, 0.1) is 0 Å². The lowest BCUT2D eigenvalue weighted by Crippen LogP contribution is -2.47. The quantitative estimate of drug-likeness (QED) is 0.769. The first kappa shape index (κ1) is 19.4. The van der Waals surface area contributed by atoms with Crippen molar-refractivity contribution in [2.75, 3.05) is 76.3 Å². The summed E-state index contributed by atoms with van der Waals surface area (Å²) in [6.07, 6.45) is 3.34. The van der Waals surface area contributed by atoms with E-state index < -0.39 is 0 Å². The van der Waals surface area contributed by atoms with E-state index >= 15 is 0 Å². The number of ether oxygens (including phenoxy) is 1. The highest BCUT2D eigenvalue weighted by molar-refractivity contribution is 5.92. The van der Waals surface area contributed by atoms with Crippen molar-refractivity contribution in [3.63, 3.8) is 0 Å². The normalized spacial score (nSPS) is 18.1. The van der Waals surface area contributed by atoms with Crippen molar-refractivity contribution in [2.45, 2.75) is 0 Å². The zero-order valence-electron chi connectivity index (χ0n) is 17.1. The molecule has 29 heavy (non-hydrogen) atoms. The zero-order chi connectivity index (χ0) is 20.2.